The van der Waals surface area contributed by atoms with Crippen molar-refractivity contribution in [2.45, 2.75) is 44.6 Å². The molecule has 1 atom stereocenters. The molecule has 1 aromatic heterocycles. The quantitative estimate of drug-likeness (QED) is 0.778. The highest BCUT2D eigenvalue weighted by atomic mass is 32.1. The van der Waals surface area contributed by atoms with Gasteiger partial charge in [0, 0.05) is 18.0 Å². The first-order valence-electron chi connectivity index (χ1n) is 10.2. The highest BCUT2D eigenvalue weighted by Crippen LogP contribution is 2.37. The van der Waals surface area contributed by atoms with Crippen LogP contribution in [0.1, 0.15) is 45.8 Å². The molecule has 1 aromatic carbocycles. The Morgan fingerprint density at radius 3 is 2.68 bits per heavy atom. The van der Waals surface area contributed by atoms with Crippen molar-refractivity contribution in [3.8, 4) is 5.75 Å². The van der Waals surface area contributed by atoms with Crippen molar-refractivity contribution in [2.75, 3.05) is 24.5 Å². The Morgan fingerprint density at radius 2 is 1.86 bits per heavy atom. The number of likely N-dealkylation sites (tertiary alicyclic amines) is 1. The summed E-state index contributed by atoms with van der Waals surface area (Å²) in [6, 6.07) is 9.59. The first-order chi connectivity index (χ1) is 13.7. The molecule has 1 aliphatic carbocycles. The normalized spacial score (nSPS) is 21.1. The molecule has 3 heterocycles. The second-order valence-electron chi connectivity index (χ2n) is 7.79. The highest BCUT2D eigenvalue weighted by molar-refractivity contribution is 7.14. The van der Waals surface area contributed by atoms with Crippen molar-refractivity contribution < 1.29 is 14.3 Å². The number of hydrogen-bond donors (Lipinski definition) is 0. The van der Waals surface area contributed by atoms with Gasteiger partial charge in [0.2, 0.25) is 0 Å². The van der Waals surface area contributed by atoms with Crippen LogP contribution in [-0.4, -0.2) is 42.5 Å². The lowest BCUT2D eigenvalue weighted by atomic mass is 10.1. The molecule has 1 saturated heterocycles. The third-order valence-corrected chi connectivity index (χ3v) is 7.14. The van der Waals surface area contributed by atoms with Crippen LogP contribution in [0.15, 0.2) is 30.3 Å². The number of ether oxygens (including phenoxy) is 1. The van der Waals surface area contributed by atoms with Crippen LogP contribution in [0.4, 0.5) is 5.69 Å². The molecule has 2 amide bonds. The number of piperidine rings is 1. The van der Waals surface area contributed by atoms with Gasteiger partial charge in [-0.2, -0.15) is 0 Å². The fraction of sp³-hybridized carbons (Fsp3) is 0.455. The minimum atomic E-state index is -0.635. The van der Waals surface area contributed by atoms with Gasteiger partial charge in [0.1, 0.15) is 5.75 Å². The molecule has 146 valence electrons. The van der Waals surface area contributed by atoms with E-state index < -0.39 is 6.10 Å². The van der Waals surface area contributed by atoms with E-state index in [-0.39, 0.29) is 18.4 Å². The minimum Gasteiger partial charge on any atom is -0.476 e. The molecule has 0 N–H and O–H groups in total. The lowest BCUT2D eigenvalue weighted by Crippen LogP contribution is -2.52. The van der Waals surface area contributed by atoms with Crippen molar-refractivity contribution >= 4 is 28.8 Å². The van der Waals surface area contributed by atoms with E-state index in [0.717, 1.165) is 49.3 Å². The number of nitrogens with zero attached hydrogens (tertiary/aromatic N) is 2. The number of fused-ring (bicyclic) bond motifs is 2. The number of rotatable bonds is 2. The largest absolute Gasteiger partial charge is 0.476 e. The van der Waals surface area contributed by atoms with Gasteiger partial charge in [-0.1, -0.05) is 12.1 Å². The Morgan fingerprint density at radius 1 is 1.04 bits per heavy atom. The van der Waals surface area contributed by atoms with Crippen LogP contribution in [0, 0.1) is 0 Å². The predicted octanol–water partition coefficient (Wildman–Crippen LogP) is 3.66. The zero-order chi connectivity index (χ0) is 19.1. The average molecular weight is 397 g/mol. The number of carbonyl (C=O) groups is 2. The molecule has 0 unspecified atom stereocenters. The maximum Gasteiger partial charge on any atom is 0.268 e. The smallest absolute Gasteiger partial charge is 0.268 e. The van der Waals surface area contributed by atoms with Gasteiger partial charge in [-0.15, -0.1) is 11.3 Å². The van der Waals surface area contributed by atoms with E-state index in [0.29, 0.717) is 5.75 Å². The molecule has 0 radical (unpaired) electrons. The fourth-order valence-corrected chi connectivity index (χ4v) is 5.64. The van der Waals surface area contributed by atoms with E-state index >= 15 is 0 Å². The van der Waals surface area contributed by atoms with Gasteiger partial charge in [-0.25, -0.2) is 0 Å². The van der Waals surface area contributed by atoms with Gasteiger partial charge in [0.15, 0.2) is 6.10 Å². The second kappa shape index (κ2) is 7.24. The van der Waals surface area contributed by atoms with Crippen LogP contribution < -0.4 is 9.64 Å². The van der Waals surface area contributed by atoms with Crippen LogP contribution in [0.3, 0.4) is 0 Å². The fourth-order valence-electron chi connectivity index (χ4n) is 4.44. The lowest BCUT2D eigenvalue weighted by molar-refractivity contribution is -0.139. The third-order valence-electron chi connectivity index (χ3n) is 5.92. The summed E-state index contributed by atoms with van der Waals surface area (Å²) in [6.45, 7) is 1.84. The second-order valence-corrected chi connectivity index (χ2v) is 8.93. The van der Waals surface area contributed by atoms with E-state index in [9.17, 15) is 9.59 Å². The van der Waals surface area contributed by atoms with Crippen molar-refractivity contribution in [1.29, 1.82) is 0 Å². The number of benzene rings is 1. The maximum atomic E-state index is 13.4. The molecule has 5 rings (SSSR count). The molecule has 0 bridgehead atoms. The van der Waals surface area contributed by atoms with Crippen molar-refractivity contribution in [3.63, 3.8) is 0 Å². The van der Waals surface area contributed by atoms with E-state index in [1.807, 2.05) is 29.2 Å². The van der Waals surface area contributed by atoms with E-state index in [1.165, 1.54) is 23.3 Å². The first kappa shape index (κ1) is 17.7. The highest BCUT2D eigenvalue weighted by Gasteiger charge is 2.37. The van der Waals surface area contributed by atoms with Crippen LogP contribution in [0.25, 0.3) is 0 Å². The first-order valence-corrected chi connectivity index (χ1v) is 11.0. The molecule has 2 aromatic rings. The standard InChI is InChI=1S/C22H24N2O3S/c25-21(23-11-4-1-5-12-23)18-14-24(16-8-2-3-9-17(16)27-18)22(26)20-13-15-7-6-10-19(15)28-20/h2-3,8-9,13,18H,1,4-7,10-12,14H2/t18-/m1/s1. The van der Waals surface area contributed by atoms with Crippen LogP contribution in [0.5, 0.6) is 5.75 Å². The van der Waals surface area contributed by atoms with Crippen molar-refractivity contribution in [1.82, 2.24) is 4.90 Å². The molecule has 2 aliphatic heterocycles. The third kappa shape index (κ3) is 3.09. The summed E-state index contributed by atoms with van der Waals surface area (Å²) in [4.78, 5) is 32.2. The van der Waals surface area contributed by atoms with Gasteiger partial charge in [-0.3, -0.25) is 14.5 Å². The molecule has 1 fully saturated rings. The van der Waals surface area contributed by atoms with E-state index in [2.05, 4.69) is 6.07 Å². The molecule has 5 nitrogen and oxygen atoms in total. The Bertz CT molecular complexity index is 895. The number of aryl methyl sites for hydroxylation is 2. The summed E-state index contributed by atoms with van der Waals surface area (Å²) >= 11 is 1.61. The Hall–Kier alpha value is -2.34. The zero-order valence-electron chi connectivity index (χ0n) is 15.9. The molecule has 28 heavy (non-hydrogen) atoms. The van der Waals surface area contributed by atoms with E-state index in [1.54, 1.807) is 16.2 Å². The van der Waals surface area contributed by atoms with Gasteiger partial charge >= 0.3 is 0 Å². The number of amides is 2. The lowest BCUT2D eigenvalue weighted by Gasteiger charge is -2.37. The molecule has 0 spiro atoms. The van der Waals surface area contributed by atoms with Crippen molar-refractivity contribution in [3.05, 3.63) is 45.6 Å². The molecule has 6 heteroatoms. The number of hydrogen-bond acceptors (Lipinski definition) is 4. The number of para-hydroxylation sites is 2. The average Bonchev–Trinajstić information content (AvgIpc) is 3.35. The maximum absolute atomic E-state index is 13.4. The summed E-state index contributed by atoms with van der Waals surface area (Å²) in [6.07, 6.45) is 5.94. The molecular weight excluding hydrogens is 372 g/mol. The van der Waals surface area contributed by atoms with Gasteiger partial charge in [0.05, 0.1) is 17.1 Å². The summed E-state index contributed by atoms with van der Waals surface area (Å²) < 4.78 is 6.04. The zero-order valence-corrected chi connectivity index (χ0v) is 16.7. The summed E-state index contributed by atoms with van der Waals surface area (Å²) in [7, 11) is 0. The summed E-state index contributed by atoms with van der Waals surface area (Å²) in [5, 5.41) is 0. The van der Waals surface area contributed by atoms with Gasteiger partial charge in [0.25, 0.3) is 11.8 Å². The summed E-state index contributed by atoms with van der Waals surface area (Å²) in [5.41, 5.74) is 2.07. The van der Waals surface area contributed by atoms with E-state index in [4.69, 9.17) is 4.74 Å². The number of anilines is 1. The topological polar surface area (TPSA) is 49.9 Å². The Balaban J connectivity index is 1.43. The monoisotopic (exact) mass is 396 g/mol. The van der Waals surface area contributed by atoms with Crippen molar-refractivity contribution in [2.24, 2.45) is 0 Å². The number of carbonyl (C=O) groups excluding carboxylic acids is 2. The van der Waals surface area contributed by atoms with Crippen LogP contribution in [0.2, 0.25) is 0 Å². The number of thiophene rings is 1. The van der Waals surface area contributed by atoms with Gasteiger partial charge < -0.3 is 9.64 Å². The van der Waals surface area contributed by atoms with Gasteiger partial charge in [-0.05, 0) is 62.3 Å². The van der Waals surface area contributed by atoms with Crippen LogP contribution in [-0.2, 0) is 17.6 Å². The Kier molecular flexibility index (Phi) is 4.59. The summed E-state index contributed by atoms with van der Waals surface area (Å²) in [5.74, 6) is 0.592. The Labute approximate surface area is 168 Å². The molecule has 3 aliphatic rings. The minimum absolute atomic E-state index is 0.000627. The SMILES string of the molecule is O=C([C@H]1CN(C(=O)c2cc3c(s2)CCC3)c2ccccc2O1)N1CCCCC1. The molecule has 0 saturated carbocycles. The predicted molar refractivity (Wildman–Crippen MR) is 109 cm³/mol. The van der Waals surface area contributed by atoms with Crippen LogP contribution >= 0.6 is 11.3 Å². The molecular formula is C22H24N2O3S.